The lowest BCUT2D eigenvalue weighted by Crippen LogP contribution is -2.72. The van der Waals surface area contributed by atoms with E-state index in [0.29, 0.717) is 5.04 Å². The third kappa shape index (κ3) is 2.94. The monoisotopic (exact) mass is 271 g/mol. The summed E-state index contributed by atoms with van der Waals surface area (Å²) in [6, 6.07) is 1.33. The maximum Gasteiger partial charge on any atom is 0.141 e. The fourth-order valence-corrected chi connectivity index (χ4v) is 20.4. The molecule has 0 fully saturated rings. The molecule has 0 saturated carbocycles. The molecule has 0 bridgehead atoms. The van der Waals surface area contributed by atoms with Crippen LogP contribution >= 0.6 is 0 Å². The Morgan fingerprint density at radius 3 is 1.88 bits per heavy atom. The third-order valence-corrected chi connectivity index (χ3v) is 26.0. The van der Waals surface area contributed by atoms with Crippen LogP contribution in [0.4, 0.5) is 0 Å². The van der Waals surface area contributed by atoms with Crippen molar-refractivity contribution in [2.45, 2.75) is 72.6 Å². The zero-order valence-corrected chi connectivity index (χ0v) is 15.5. The van der Waals surface area contributed by atoms with E-state index in [1.165, 1.54) is 6.04 Å². The van der Waals surface area contributed by atoms with Crippen molar-refractivity contribution < 1.29 is 0 Å². The molecule has 0 aliphatic rings. The van der Waals surface area contributed by atoms with Crippen LogP contribution in [0.3, 0.4) is 0 Å². The Labute approximate surface area is 111 Å². The highest BCUT2D eigenvalue weighted by Gasteiger charge is 2.54. The first-order chi connectivity index (χ1) is 7.60. The maximum absolute atomic E-state index is 3.98. The van der Waals surface area contributed by atoms with Gasteiger partial charge >= 0.3 is 0 Å². The van der Waals surface area contributed by atoms with Crippen molar-refractivity contribution in [1.82, 2.24) is 4.98 Å². The first kappa shape index (κ1) is 17.1. The molecule has 0 aliphatic carbocycles. The zero-order valence-electron chi connectivity index (χ0n) is 13.5. The molecule has 102 valence electrons. The standard InChI is InChI=1S/C14H33NSi2/c1-10-13(4)17(12-3,15-11-2)16(8,9)14(5,6)7/h10,15H,11-12H2,1-9H3/b13-10+. The fraction of sp³-hybridized carbons (Fsp3) is 0.857. The van der Waals surface area contributed by atoms with E-state index in [1.807, 2.05) is 0 Å². The second-order valence-corrected chi connectivity index (χ2v) is 21.4. The van der Waals surface area contributed by atoms with Gasteiger partial charge in [0.2, 0.25) is 0 Å². The normalized spacial score (nSPS) is 18.1. The first-order valence-corrected chi connectivity index (χ1v) is 13.2. The summed E-state index contributed by atoms with van der Waals surface area (Å²) in [5.74, 6) is 0. The number of rotatable bonds is 5. The Kier molecular flexibility index (Phi) is 5.90. The molecule has 0 saturated heterocycles. The van der Waals surface area contributed by atoms with Gasteiger partial charge in [-0.25, -0.2) is 0 Å². The molecule has 0 spiro atoms. The molecule has 0 aromatic rings. The lowest BCUT2D eigenvalue weighted by molar-refractivity contribution is 0.728. The molecular weight excluding hydrogens is 238 g/mol. The smallest absolute Gasteiger partial charge is 0.141 e. The van der Waals surface area contributed by atoms with Gasteiger partial charge in [-0.15, -0.1) is 0 Å². The summed E-state index contributed by atoms with van der Waals surface area (Å²) in [5.41, 5.74) is 0. The topological polar surface area (TPSA) is 12.0 Å². The van der Waals surface area contributed by atoms with Gasteiger partial charge in [0.25, 0.3) is 0 Å². The summed E-state index contributed by atoms with van der Waals surface area (Å²) in [6.07, 6.45) is 2.36. The van der Waals surface area contributed by atoms with Crippen molar-refractivity contribution in [2.75, 3.05) is 6.54 Å². The summed E-state index contributed by atoms with van der Waals surface area (Å²) >= 11 is 0. The summed E-state index contributed by atoms with van der Waals surface area (Å²) < 4.78 is 0. The van der Waals surface area contributed by atoms with Crippen LogP contribution < -0.4 is 4.98 Å². The van der Waals surface area contributed by atoms with Crippen molar-refractivity contribution in [1.29, 1.82) is 0 Å². The highest BCUT2D eigenvalue weighted by Crippen LogP contribution is 2.44. The highest BCUT2D eigenvalue weighted by atomic mass is 29.3. The van der Waals surface area contributed by atoms with Gasteiger partial charge in [0, 0.05) is 0 Å². The zero-order chi connectivity index (χ0) is 13.9. The summed E-state index contributed by atoms with van der Waals surface area (Å²) in [6.45, 7) is 22.8. The molecule has 0 aromatic heterocycles. The number of nitrogens with one attached hydrogen (secondary N) is 1. The second-order valence-electron chi connectivity index (χ2n) is 6.64. The molecule has 17 heavy (non-hydrogen) atoms. The first-order valence-electron chi connectivity index (χ1n) is 6.99. The Balaban J connectivity index is 5.77. The minimum absolute atomic E-state index is 0.460. The van der Waals surface area contributed by atoms with Crippen molar-refractivity contribution >= 4 is 15.3 Å². The molecule has 0 aliphatic heterocycles. The molecule has 1 nitrogen and oxygen atoms in total. The van der Waals surface area contributed by atoms with E-state index in [0.717, 1.165) is 6.54 Å². The van der Waals surface area contributed by atoms with Crippen LogP contribution in [0.5, 0.6) is 0 Å². The summed E-state index contributed by atoms with van der Waals surface area (Å²) in [7, 11) is -2.82. The third-order valence-electron chi connectivity index (χ3n) is 5.06. The van der Waals surface area contributed by atoms with Crippen LogP contribution in [0.2, 0.25) is 24.2 Å². The number of hydrogen-bond donors (Lipinski definition) is 1. The van der Waals surface area contributed by atoms with E-state index in [1.54, 1.807) is 5.20 Å². The van der Waals surface area contributed by atoms with Crippen LogP contribution in [0.1, 0.15) is 48.5 Å². The molecule has 0 aromatic carbocycles. The van der Waals surface area contributed by atoms with Gasteiger partial charge in [-0.05, 0) is 31.5 Å². The predicted molar refractivity (Wildman–Crippen MR) is 86.5 cm³/mol. The maximum atomic E-state index is 3.98. The van der Waals surface area contributed by atoms with E-state index < -0.39 is 15.3 Å². The molecule has 0 amide bonds. The van der Waals surface area contributed by atoms with Crippen molar-refractivity contribution in [3.63, 3.8) is 0 Å². The second kappa shape index (κ2) is 5.85. The van der Waals surface area contributed by atoms with Crippen molar-refractivity contribution in [2.24, 2.45) is 0 Å². The number of hydrogen-bond acceptors (Lipinski definition) is 1. The quantitative estimate of drug-likeness (QED) is 0.718. The average molecular weight is 272 g/mol. The Morgan fingerprint density at radius 2 is 1.65 bits per heavy atom. The van der Waals surface area contributed by atoms with Gasteiger partial charge in [0.05, 0.1) is 7.59 Å². The van der Waals surface area contributed by atoms with Crippen molar-refractivity contribution in [3.05, 3.63) is 11.3 Å². The fourth-order valence-electron chi connectivity index (χ4n) is 2.89. The number of allylic oxidation sites excluding steroid dienone is 2. The van der Waals surface area contributed by atoms with E-state index in [4.69, 9.17) is 0 Å². The Bertz CT molecular complexity index is 276. The Morgan fingerprint density at radius 1 is 1.18 bits per heavy atom. The van der Waals surface area contributed by atoms with E-state index >= 15 is 0 Å². The Hall–Kier alpha value is 0.134. The lowest BCUT2D eigenvalue weighted by Gasteiger charge is -2.52. The molecule has 1 N–H and O–H groups in total. The van der Waals surface area contributed by atoms with Crippen LogP contribution in [0.15, 0.2) is 11.3 Å². The molecule has 0 heterocycles. The molecule has 0 rings (SSSR count). The SMILES string of the molecule is C/C=C(\C)[Si](CC)(NCC)[Si](C)(C)C(C)(C)C. The van der Waals surface area contributed by atoms with Gasteiger partial charge in [-0.2, -0.15) is 0 Å². The molecule has 0 radical (unpaired) electrons. The molecule has 1 unspecified atom stereocenters. The van der Waals surface area contributed by atoms with E-state index in [-0.39, 0.29) is 0 Å². The average Bonchev–Trinajstić information content (AvgIpc) is 2.22. The van der Waals surface area contributed by atoms with Crippen LogP contribution in [0, 0.1) is 0 Å². The summed E-state index contributed by atoms with van der Waals surface area (Å²) in [4.78, 5) is 3.98. The van der Waals surface area contributed by atoms with Gasteiger partial charge in [0.1, 0.15) is 7.75 Å². The minimum atomic E-state index is -1.49. The van der Waals surface area contributed by atoms with Gasteiger partial charge < -0.3 is 4.98 Å². The van der Waals surface area contributed by atoms with Gasteiger partial charge in [-0.1, -0.05) is 59.0 Å². The van der Waals surface area contributed by atoms with E-state index in [9.17, 15) is 0 Å². The van der Waals surface area contributed by atoms with Gasteiger partial charge in [-0.3, -0.25) is 0 Å². The van der Waals surface area contributed by atoms with Crippen LogP contribution in [-0.4, -0.2) is 21.9 Å². The summed E-state index contributed by atoms with van der Waals surface area (Å²) in [5, 5.41) is 2.12. The molecule has 1 atom stereocenters. The van der Waals surface area contributed by atoms with Crippen LogP contribution in [-0.2, 0) is 0 Å². The van der Waals surface area contributed by atoms with E-state index in [2.05, 4.69) is 72.6 Å². The molecule has 3 heteroatoms. The minimum Gasteiger partial charge on any atom is -0.336 e. The van der Waals surface area contributed by atoms with Crippen molar-refractivity contribution in [3.8, 4) is 0 Å². The highest BCUT2D eigenvalue weighted by molar-refractivity contribution is 7.44. The van der Waals surface area contributed by atoms with Gasteiger partial charge in [0.15, 0.2) is 0 Å². The van der Waals surface area contributed by atoms with Crippen LogP contribution in [0.25, 0.3) is 0 Å². The largest absolute Gasteiger partial charge is 0.336 e. The predicted octanol–water partition coefficient (Wildman–Crippen LogP) is 4.65. The molecular formula is C14H33NSi2. The lowest BCUT2D eigenvalue weighted by atomic mass is 10.2.